The number of carbonyl (C=O) groups excluding carboxylic acids is 1. The summed E-state index contributed by atoms with van der Waals surface area (Å²) >= 11 is 0. The smallest absolute Gasteiger partial charge is 0.267 e. The quantitative estimate of drug-likeness (QED) is 0.562. The molecular formula is C21H21N7O2. The Labute approximate surface area is 172 Å². The number of pyridine rings is 1. The van der Waals surface area contributed by atoms with Crippen LogP contribution in [0.25, 0.3) is 11.3 Å². The van der Waals surface area contributed by atoms with Crippen LogP contribution in [0.15, 0.2) is 66.2 Å². The molecule has 4 heterocycles. The van der Waals surface area contributed by atoms with E-state index in [-0.39, 0.29) is 23.6 Å². The number of fused-ring (bicyclic) bond motifs is 1. The fraction of sp³-hybridized carbons (Fsp3) is 0.286. The normalized spacial score (nSPS) is 19.1. The molecule has 1 aliphatic rings. The number of amides is 1. The summed E-state index contributed by atoms with van der Waals surface area (Å²) in [5, 5.41) is 11.7. The summed E-state index contributed by atoms with van der Waals surface area (Å²) in [5.41, 5.74) is 1.51. The molecule has 5 rings (SSSR count). The molecule has 1 saturated carbocycles. The molecule has 1 fully saturated rings. The van der Waals surface area contributed by atoms with Gasteiger partial charge in [0.05, 0.1) is 11.6 Å². The third-order valence-corrected chi connectivity index (χ3v) is 5.61. The van der Waals surface area contributed by atoms with E-state index in [1.54, 1.807) is 12.4 Å². The van der Waals surface area contributed by atoms with Crippen LogP contribution in [0, 0.1) is 0 Å². The molecule has 4 aromatic rings. The maximum Gasteiger partial charge on any atom is 0.267 e. The predicted octanol–water partition coefficient (Wildman–Crippen LogP) is 1.99. The molecular weight excluding hydrogens is 382 g/mol. The second-order valence-corrected chi connectivity index (χ2v) is 7.55. The number of rotatable bonds is 4. The van der Waals surface area contributed by atoms with Crippen molar-refractivity contribution in [2.75, 3.05) is 0 Å². The van der Waals surface area contributed by atoms with Gasteiger partial charge in [-0.2, -0.15) is 5.10 Å². The maximum atomic E-state index is 12.7. The van der Waals surface area contributed by atoms with Gasteiger partial charge in [-0.1, -0.05) is 6.07 Å². The lowest BCUT2D eigenvalue weighted by Gasteiger charge is -2.29. The maximum absolute atomic E-state index is 12.7. The lowest BCUT2D eigenvalue weighted by molar-refractivity contribution is 0.0921. The summed E-state index contributed by atoms with van der Waals surface area (Å²) in [5.74, 6) is 0.494. The Morgan fingerprint density at radius 2 is 1.97 bits per heavy atom. The lowest BCUT2D eigenvalue weighted by atomic mass is 9.91. The number of carbonyl (C=O) groups is 1. The van der Waals surface area contributed by atoms with E-state index >= 15 is 0 Å². The van der Waals surface area contributed by atoms with Crippen molar-refractivity contribution in [2.24, 2.45) is 0 Å². The number of aromatic nitrogens is 6. The molecule has 0 bridgehead atoms. The highest BCUT2D eigenvalue weighted by atomic mass is 16.2. The molecule has 1 aliphatic carbocycles. The van der Waals surface area contributed by atoms with Crippen molar-refractivity contribution < 1.29 is 4.79 Å². The van der Waals surface area contributed by atoms with Crippen LogP contribution in [0.1, 0.15) is 42.1 Å². The molecule has 152 valence electrons. The van der Waals surface area contributed by atoms with Crippen molar-refractivity contribution >= 4 is 11.4 Å². The van der Waals surface area contributed by atoms with Crippen molar-refractivity contribution in [1.29, 1.82) is 0 Å². The van der Waals surface area contributed by atoms with Crippen LogP contribution in [0.4, 0.5) is 0 Å². The van der Waals surface area contributed by atoms with Gasteiger partial charge in [0.25, 0.3) is 11.5 Å². The molecule has 4 aromatic heterocycles. The predicted molar refractivity (Wildman–Crippen MR) is 110 cm³/mol. The zero-order valence-electron chi connectivity index (χ0n) is 16.3. The molecule has 0 aromatic carbocycles. The van der Waals surface area contributed by atoms with Gasteiger partial charge in [0.2, 0.25) is 0 Å². The van der Waals surface area contributed by atoms with Crippen molar-refractivity contribution in [3.05, 3.63) is 77.4 Å². The molecule has 0 saturated heterocycles. The van der Waals surface area contributed by atoms with E-state index in [9.17, 15) is 9.59 Å². The standard InChI is InChI=1S/C21H21N7O2/c29-20-9-8-19(27-14-22-13-23-27)25-28(20)17-6-4-16(5-7-17)24-21(30)15-11-18-3-1-2-10-26(18)12-15/h1-3,8-14,16-17H,4-7H2,(H,24,30). The first kappa shape index (κ1) is 18.3. The van der Waals surface area contributed by atoms with E-state index in [2.05, 4.69) is 20.5 Å². The fourth-order valence-electron chi connectivity index (χ4n) is 4.04. The molecule has 0 unspecified atom stereocenters. The minimum atomic E-state index is -0.133. The molecule has 1 N–H and O–H groups in total. The first-order valence-corrected chi connectivity index (χ1v) is 10.00. The Hall–Kier alpha value is -3.75. The Bertz CT molecular complexity index is 1200. The van der Waals surface area contributed by atoms with E-state index < -0.39 is 0 Å². The van der Waals surface area contributed by atoms with Crippen LogP contribution in [0.2, 0.25) is 0 Å². The minimum absolute atomic E-state index is 0.00573. The number of hydrogen-bond donors (Lipinski definition) is 1. The van der Waals surface area contributed by atoms with Gasteiger partial charge in [-0.15, -0.1) is 5.10 Å². The van der Waals surface area contributed by atoms with Gasteiger partial charge in [0.15, 0.2) is 5.82 Å². The van der Waals surface area contributed by atoms with Crippen LogP contribution < -0.4 is 10.9 Å². The van der Waals surface area contributed by atoms with Gasteiger partial charge in [0.1, 0.15) is 12.7 Å². The van der Waals surface area contributed by atoms with Gasteiger partial charge in [-0.25, -0.2) is 14.3 Å². The molecule has 0 aliphatic heterocycles. The van der Waals surface area contributed by atoms with E-state index in [1.807, 2.05) is 41.1 Å². The summed E-state index contributed by atoms with van der Waals surface area (Å²) in [6.07, 6.45) is 9.89. The SMILES string of the molecule is O=C(NC1CCC(n2nc(-n3cncn3)ccc2=O)CC1)c1cc2ccccn2c1. The highest BCUT2D eigenvalue weighted by molar-refractivity contribution is 5.95. The number of nitrogens with one attached hydrogen (secondary N) is 1. The van der Waals surface area contributed by atoms with Crippen molar-refractivity contribution in [3.8, 4) is 5.82 Å². The van der Waals surface area contributed by atoms with E-state index in [0.717, 1.165) is 31.2 Å². The van der Waals surface area contributed by atoms with E-state index in [4.69, 9.17) is 0 Å². The molecule has 30 heavy (non-hydrogen) atoms. The van der Waals surface area contributed by atoms with Crippen LogP contribution in [-0.2, 0) is 0 Å². The van der Waals surface area contributed by atoms with E-state index in [0.29, 0.717) is 11.4 Å². The molecule has 1 amide bonds. The van der Waals surface area contributed by atoms with Crippen LogP contribution in [0.3, 0.4) is 0 Å². The summed E-state index contributed by atoms with van der Waals surface area (Å²) in [6, 6.07) is 11.0. The average molecular weight is 403 g/mol. The number of hydrogen-bond acceptors (Lipinski definition) is 5. The minimum Gasteiger partial charge on any atom is -0.349 e. The molecule has 0 spiro atoms. The zero-order chi connectivity index (χ0) is 20.5. The van der Waals surface area contributed by atoms with Crippen molar-refractivity contribution in [1.82, 2.24) is 34.3 Å². The Morgan fingerprint density at radius 3 is 2.73 bits per heavy atom. The molecule has 0 radical (unpaired) electrons. The average Bonchev–Trinajstić information content (AvgIpc) is 3.45. The van der Waals surface area contributed by atoms with Gasteiger partial charge in [-0.05, 0) is 49.9 Å². The Balaban J connectivity index is 1.25. The summed E-state index contributed by atoms with van der Waals surface area (Å²) < 4.78 is 5.01. The van der Waals surface area contributed by atoms with Crippen molar-refractivity contribution in [2.45, 2.75) is 37.8 Å². The molecule has 9 heteroatoms. The number of nitrogens with zero attached hydrogens (tertiary/aromatic N) is 6. The monoisotopic (exact) mass is 403 g/mol. The summed E-state index contributed by atoms with van der Waals surface area (Å²) in [7, 11) is 0. The molecule has 0 atom stereocenters. The van der Waals surface area contributed by atoms with Crippen LogP contribution in [-0.4, -0.2) is 40.9 Å². The van der Waals surface area contributed by atoms with Crippen LogP contribution in [0.5, 0.6) is 0 Å². The highest BCUT2D eigenvalue weighted by Crippen LogP contribution is 2.27. The molecule has 9 nitrogen and oxygen atoms in total. The summed E-state index contributed by atoms with van der Waals surface area (Å²) in [6.45, 7) is 0. The lowest BCUT2D eigenvalue weighted by Crippen LogP contribution is -2.39. The first-order valence-electron chi connectivity index (χ1n) is 10.00. The van der Waals surface area contributed by atoms with Crippen molar-refractivity contribution in [3.63, 3.8) is 0 Å². The van der Waals surface area contributed by atoms with Crippen LogP contribution >= 0.6 is 0 Å². The van der Waals surface area contributed by atoms with Gasteiger partial charge >= 0.3 is 0 Å². The zero-order valence-corrected chi connectivity index (χ0v) is 16.3. The Morgan fingerprint density at radius 1 is 1.10 bits per heavy atom. The first-order chi connectivity index (χ1) is 14.7. The van der Waals surface area contributed by atoms with Gasteiger partial charge in [0, 0.05) is 30.0 Å². The fourth-order valence-corrected chi connectivity index (χ4v) is 4.04. The van der Waals surface area contributed by atoms with E-state index in [1.165, 1.54) is 21.8 Å². The third-order valence-electron chi connectivity index (χ3n) is 5.61. The van der Waals surface area contributed by atoms with Gasteiger partial charge in [-0.3, -0.25) is 9.59 Å². The Kier molecular flexibility index (Phi) is 4.62. The highest BCUT2D eigenvalue weighted by Gasteiger charge is 2.25. The summed E-state index contributed by atoms with van der Waals surface area (Å²) in [4.78, 5) is 28.9. The second-order valence-electron chi connectivity index (χ2n) is 7.55. The van der Waals surface area contributed by atoms with Gasteiger partial charge < -0.3 is 9.72 Å². The third kappa shape index (κ3) is 3.49. The second kappa shape index (κ2) is 7.58. The largest absolute Gasteiger partial charge is 0.349 e. The topological polar surface area (TPSA) is 99.1 Å².